The van der Waals surface area contributed by atoms with Crippen molar-refractivity contribution in [1.82, 2.24) is 0 Å². The highest BCUT2D eigenvalue weighted by Crippen LogP contribution is 2.34. The van der Waals surface area contributed by atoms with Gasteiger partial charge >= 0.3 is 0 Å². The summed E-state index contributed by atoms with van der Waals surface area (Å²) in [5.41, 5.74) is 0. The zero-order valence-corrected chi connectivity index (χ0v) is 8.25. The van der Waals surface area contributed by atoms with Gasteiger partial charge in [-0.15, -0.1) is 11.3 Å². The minimum atomic E-state index is -0.301. The molecule has 0 bridgehead atoms. The molecule has 0 unspecified atom stereocenters. The molecule has 0 aliphatic carbocycles. The molecule has 0 saturated heterocycles. The molecule has 0 amide bonds. The van der Waals surface area contributed by atoms with E-state index < -0.39 is 0 Å². The van der Waals surface area contributed by atoms with Gasteiger partial charge in [-0.2, -0.15) is 0 Å². The van der Waals surface area contributed by atoms with Crippen LogP contribution >= 0.6 is 27.3 Å². The van der Waals surface area contributed by atoms with Gasteiger partial charge in [-0.25, -0.2) is 4.39 Å². The lowest BCUT2D eigenvalue weighted by molar-refractivity contribution is 0.483. The molecule has 4 heteroatoms. The van der Waals surface area contributed by atoms with E-state index in [0.29, 0.717) is 14.6 Å². The zero-order valence-electron chi connectivity index (χ0n) is 5.84. The van der Waals surface area contributed by atoms with Crippen molar-refractivity contribution < 1.29 is 9.50 Å². The fraction of sp³-hybridized carbons (Fsp3) is 0. The van der Waals surface area contributed by atoms with E-state index in [4.69, 9.17) is 0 Å². The van der Waals surface area contributed by atoms with Gasteiger partial charge in [0.1, 0.15) is 11.6 Å². The van der Waals surface area contributed by atoms with Crippen molar-refractivity contribution >= 4 is 37.4 Å². The van der Waals surface area contributed by atoms with Crippen LogP contribution in [0.4, 0.5) is 4.39 Å². The van der Waals surface area contributed by atoms with Gasteiger partial charge in [-0.05, 0) is 12.1 Å². The van der Waals surface area contributed by atoms with Crippen LogP contribution in [-0.4, -0.2) is 5.11 Å². The first-order valence-electron chi connectivity index (χ1n) is 3.23. The topological polar surface area (TPSA) is 20.2 Å². The Morgan fingerprint density at radius 1 is 1.42 bits per heavy atom. The molecule has 0 fully saturated rings. The number of fused-ring (bicyclic) bond motifs is 1. The Labute approximate surface area is 80.6 Å². The maximum Gasteiger partial charge on any atom is 0.142 e. The molecule has 0 radical (unpaired) electrons. The van der Waals surface area contributed by atoms with E-state index in [1.54, 1.807) is 6.07 Å². The lowest BCUT2D eigenvalue weighted by Gasteiger charge is -1.94. The third kappa shape index (κ3) is 1.11. The van der Waals surface area contributed by atoms with Gasteiger partial charge in [0, 0.05) is 15.2 Å². The van der Waals surface area contributed by atoms with Crippen LogP contribution in [0.15, 0.2) is 22.0 Å². The first-order valence-corrected chi connectivity index (χ1v) is 4.91. The van der Waals surface area contributed by atoms with Gasteiger partial charge in [0.2, 0.25) is 0 Å². The predicted molar refractivity (Wildman–Crippen MR) is 51.1 cm³/mol. The lowest BCUT2D eigenvalue weighted by Crippen LogP contribution is -1.73. The van der Waals surface area contributed by atoms with E-state index >= 15 is 0 Å². The SMILES string of the molecule is Oc1csc2c(F)cc(Br)cc12. The van der Waals surface area contributed by atoms with Crippen molar-refractivity contribution in [3.8, 4) is 5.75 Å². The van der Waals surface area contributed by atoms with Crippen LogP contribution in [0.3, 0.4) is 0 Å². The Morgan fingerprint density at radius 2 is 2.17 bits per heavy atom. The Bertz CT molecular complexity index is 438. The highest BCUT2D eigenvalue weighted by atomic mass is 79.9. The Hall–Kier alpha value is -0.610. The van der Waals surface area contributed by atoms with Crippen LogP contribution in [-0.2, 0) is 0 Å². The second kappa shape index (κ2) is 2.71. The van der Waals surface area contributed by atoms with E-state index in [1.165, 1.54) is 22.8 Å². The number of aromatic hydroxyl groups is 1. The first kappa shape index (κ1) is 8.01. The van der Waals surface area contributed by atoms with Crippen LogP contribution in [0.25, 0.3) is 10.1 Å². The molecule has 12 heavy (non-hydrogen) atoms. The van der Waals surface area contributed by atoms with Crippen molar-refractivity contribution in [2.75, 3.05) is 0 Å². The highest BCUT2D eigenvalue weighted by Gasteiger charge is 2.07. The average Bonchev–Trinajstić information content (AvgIpc) is 2.33. The third-order valence-electron chi connectivity index (χ3n) is 1.57. The molecule has 1 aromatic heterocycles. The summed E-state index contributed by atoms with van der Waals surface area (Å²) in [5.74, 6) is -0.167. The molecule has 1 aromatic carbocycles. The third-order valence-corrected chi connectivity index (χ3v) is 3.02. The summed E-state index contributed by atoms with van der Waals surface area (Å²) < 4.78 is 14.3. The molecule has 1 nitrogen and oxygen atoms in total. The summed E-state index contributed by atoms with van der Waals surface area (Å²) in [4.78, 5) is 0. The van der Waals surface area contributed by atoms with E-state index in [9.17, 15) is 9.50 Å². The summed E-state index contributed by atoms with van der Waals surface area (Å²) in [5, 5.41) is 11.4. The molecule has 0 saturated carbocycles. The van der Waals surface area contributed by atoms with Crippen molar-refractivity contribution in [2.45, 2.75) is 0 Å². The molecular weight excluding hydrogens is 243 g/mol. The number of benzene rings is 1. The monoisotopic (exact) mass is 246 g/mol. The van der Waals surface area contributed by atoms with E-state index in [0.717, 1.165) is 0 Å². The summed E-state index contributed by atoms with van der Waals surface area (Å²) in [6, 6.07) is 3.09. The van der Waals surface area contributed by atoms with Gasteiger partial charge in [0.25, 0.3) is 0 Å². The molecule has 2 aromatic rings. The number of hydrogen-bond donors (Lipinski definition) is 1. The molecule has 0 aliphatic heterocycles. The van der Waals surface area contributed by atoms with Gasteiger partial charge in [-0.3, -0.25) is 0 Å². The van der Waals surface area contributed by atoms with Gasteiger partial charge in [0.15, 0.2) is 0 Å². The van der Waals surface area contributed by atoms with Crippen molar-refractivity contribution in [3.63, 3.8) is 0 Å². The minimum absolute atomic E-state index is 0.134. The Morgan fingerprint density at radius 3 is 2.92 bits per heavy atom. The maximum absolute atomic E-state index is 13.1. The van der Waals surface area contributed by atoms with Gasteiger partial charge in [-0.1, -0.05) is 15.9 Å². The highest BCUT2D eigenvalue weighted by molar-refractivity contribution is 9.10. The minimum Gasteiger partial charge on any atom is -0.506 e. The van der Waals surface area contributed by atoms with Gasteiger partial charge < -0.3 is 5.11 Å². The fourth-order valence-electron chi connectivity index (χ4n) is 1.05. The quantitative estimate of drug-likeness (QED) is 0.755. The fourth-order valence-corrected chi connectivity index (χ4v) is 2.30. The normalized spacial score (nSPS) is 10.8. The van der Waals surface area contributed by atoms with Crippen molar-refractivity contribution in [2.24, 2.45) is 0 Å². The number of halogens is 2. The van der Waals surface area contributed by atoms with Crippen LogP contribution in [0.1, 0.15) is 0 Å². The second-order valence-electron chi connectivity index (χ2n) is 2.39. The lowest BCUT2D eigenvalue weighted by atomic mass is 10.2. The second-order valence-corrected chi connectivity index (χ2v) is 4.18. The largest absolute Gasteiger partial charge is 0.506 e. The molecule has 1 N–H and O–H groups in total. The van der Waals surface area contributed by atoms with E-state index in [1.807, 2.05) is 0 Å². The number of thiophene rings is 1. The standard InChI is InChI=1S/C8H4BrFOS/c9-4-1-5-7(11)3-12-8(5)6(10)2-4/h1-3,11H. The maximum atomic E-state index is 13.1. The van der Waals surface area contributed by atoms with Crippen molar-refractivity contribution in [1.29, 1.82) is 0 Å². The summed E-state index contributed by atoms with van der Waals surface area (Å²) in [6.45, 7) is 0. The van der Waals surface area contributed by atoms with E-state index in [-0.39, 0.29) is 11.6 Å². The Kier molecular flexibility index (Phi) is 1.81. The molecule has 62 valence electrons. The summed E-state index contributed by atoms with van der Waals surface area (Å²) in [6.07, 6.45) is 0. The number of rotatable bonds is 0. The van der Waals surface area contributed by atoms with Gasteiger partial charge in [0.05, 0.1) is 4.70 Å². The predicted octanol–water partition coefficient (Wildman–Crippen LogP) is 3.51. The summed E-state index contributed by atoms with van der Waals surface area (Å²) >= 11 is 4.36. The molecule has 1 heterocycles. The van der Waals surface area contributed by atoms with Crippen molar-refractivity contribution in [3.05, 3.63) is 27.8 Å². The molecular formula is C8H4BrFOS. The van der Waals surface area contributed by atoms with Crippen LogP contribution in [0.5, 0.6) is 5.75 Å². The van der Waals surface area contributed by atoms with E-state index in [2.05, 4.69) is 15.9 Å². The number of hydrogen-bond acceptors (Lipinski definition) is 2. The van der Waals surface area contributed by atoms with Crippen LogP contribution in [0.2, 0.25) is 0 Å². The van der Waals surface area contributed by atoms with Crippen LogP contribution < -0.4 is 0 Å². The molecule has 2 rings (SSSR count). The first-order chi connectivity index (χ1) is 5.68. The average molecular weight is 247 g/mol. The van der Waals surface area contributed by atoms with Crippen LogP contribution in [0, 0.1) is 5.82 Å². The molecule has 0 atom stereocenters. The molecule has 0 aliphatic rings. The summed E-state index contributed by atoms with van der Waals surface area (Å²) in [7, 11) is 0. The zero-order chi connectivity index (χ0) is 8.72. The molecule has 0 spiro atoms. The Balaban J connectivity index is 2.92. The smallest absolute Gasteiger partial charge is 0.142 e.